The van der Waals surface area contributed by atoms with E-state index in [1.807, 2.05) is 61.5 Å². The predicted molar refractivity (Wildman–Crippen MR) is 109 cm³/mol. The maximum Gasteiger partial charge on any atom is 0.311 e. The molecule has 3 heterocycles. The molecule has 9 heteroatoms. The summed E-state index contributed by atoms with van der Waals surface area (Å²) in [5.41, 5.74) is 4.32. The van der Waals surface area contributed by atoms with Crippen LogP contribution in [-0.2, 0) is 16.0 Å². The number of esters is 1. The monoisotopic (exact) mass is 399 g/mol. The first-order valence-electron chi connectivity index (χ1n) is 9.34. The minimum Gasteiger partial charge on any atom is -0.469 e. The Hall–Kier alpha value is -4.14. The van der Waals surface area contributed by atoms with Gasteiger partial charge < -0.3 is 4.74 Å². The fourth-order valence-electron chi connectivity index (χ4n) is 3.25. The highest BCUT2D eigenvalue weighted by molar-refractivity contribution is 5.82. The van der Waals surface area contributed by atoms with Crippen molar-refractivity contribution in [3.8, 4) is 17.1 Å². The smallest absolute Gasteiger partial charge is 0.311 e. The molecule has 0 aliphatic heterocycles. The Labute approximate surface area is 171 Å². The van der Waals surface area contributed by atoms with E-state index in [1.54, 1.807) is 9.20 Å². The average molecular weight is 399 g/mol. The van der Waals surface area contributed by atoms with E-state index in [0.29, 0.717) is 28.5 Å². The zero-order valence-corrected chi connectivity index (χ0v) is 16.4. The molecule has 0 unspecified atom stereocenters. The van der Waals surface area contributed by atoms with Crippen molar-refractivity contribution < 1.29 is 9.53 Å². The summed E-state index contributed by atoms with van der Waals surface area (Å²) in [6.07, 6.45) is -0.0215. The van der Waals surface area contributed by atoms with E-state index in [0.717, 1.165) is 16.8 Å². The van der Waals surface area contributed by atoms with Gasteiger partial charge in [-0.05, 0) is 19.1 Å². The van der Waals surface area contributed by atoms with Gasteiger partial charge in [-0.1, -0.05) is 48.0 Å². The van der Waals surface area contributed by atoms with Gasteiger partial charge >= 0.3 is 5.97 Å². The molecule has 30 heavy (non-hydrogen) atoms. The van der Waals surface area contributed by atoms with Crippen LogP contribution in [0.4, 0.5) is 0 Å². The average Bonchev–Trinajstić information content (AvgIpc) is 3.36. The number of nitrogens with zero attached hydrogens (tertiary/aromatic N) is 7. The molecule has 0 aliphatic carbocycles. The molecule has 0 saturated heterocycles. The third-order valence-corrected chi connectivity index (χ3v) is 4.79. The minimum atomic E-state index is -0.407. The van der Waals surface area contributed by atoms with Gasteiger partial charge in [0.1, 0.15) is 5.69 Å². The van der Waals surface area contributed by atoms with Crippen LogP contribution in [0.15, 0.2) is 54.6 Å². The van der Waals surface area contributed by atoms with E-state index in [-0.39, 0.29) is 6.42 Å². The summed E-state index contributed by atoms with van der Waals surface area (Å²) in [7, 11) is 1.34. The van der Waals surface area contributed by atoms with Gasteiger partial charge in [0, 0.05) is 5.56 Å². The summed E-state index contributed by atoms with van der Waals surface area (Å²) >= 11 is 0. The normalized spacial score (nSPS) is 11.3. The number of rotatable bonds is 4. The largest absolute Gasteiger partial charge is 0.469 e. The Morgan fingerprint density at radius 3 is 2.50 bits per heavy atom. The first-order chi connectivity index (χ1) is 14.6. The van der Waals surface area contributed by atoms with Crippen LogP contribution in [0.5, 0.6) is 0 Å². The van der Waals surface area contributed by atoms with E-state index in [4.69, 9.17) is 4.74 Å². The number of benzene rings is 2. The molecule has 5 aromatic rings. The summed E-state index contributed by atoms with van der Waals surface area (Å²) in [5, 5.41) is 17.8. The number of fused-ring (bicyclic) bond motifs is 3. The van der Waals surface area contributed by atoms with Crippen LogP contribution in [0.3, 0.4) is 0 Å². The fraction of sp³-hybridized carbons (Fsp3) is 0.143. The van der Waals surface area contributed by atoms with Crippen molar-refractivity contribution in [3.63, 3.8) is 0 Å². The molecule has 2 aromatic carbocycles. The van der Waals surface area contributed by atoms with E-state index in [2.05, 4.69) is 25.4 Å². The van der Waals surface area contributed by atoms with E-state index in [1.165, 1.54) is 7.11 Å². The topological polar surface area (TPSA) is 100 Å². The highest BCUT2D eigenvalue weighted by Crippen LogP contribution is 2.23. The number of aryl methyl sites for hydroxylation is 1. The van der Waals surface area contributed by atoms with Crippen molar-refractivity contribution in [1.29, 1.82) is 0 Å². The minimum absolute atomic E-state index is 0.0215. The molecular formula is C21H17N7O2. The van der Waals surface area contributed by atoms with Crippen molar-refractivity contribution in [2.75, 3.05) is 7.11 Å². The number of hydrogen-bond acceptors (Lipinski definition) is 7. The molecule has 0 aliphatic rings. The van der Waals surface area contributed by atoms with E-state index < -0.39 is 5.97 Å². The molecular weight excluding hydrogens is 382 g/mol. The van der Waals surface area contributed by atoms with Gasteiger partial charge in [0.05, 0.1) is 19.2 Å². The molecule has 0 saturated carbocycles. The molecule has 3 aromatic heterocycles. The number of ether oxygens (including phenoxy) is 1. The van der Waals surface area contributed by atoms with E-state index >= 15 is 0 Å². The summed E-state index contributed by atoms with van der Waals surface area (Å²) in [5.74, 6) is 0.471. The van der Waals surface area contributed by atoms with Crippen LogP contribution in [0.2, 0.25) is 0 Å². The van der Waals surface area contributed by atoms with Crippen LogP contribution in [0.25, 0.3) is 34.0 Å². The van der Waals surface area contributed by atoms with Crippen molar-refractivity contribution in [2.24, 2.45) is 0 Å². The summed E-state index contributed by atoms with van der Waals surface area (Å²) < 4.78 is 8.13. The van der Waals surface area contributed by atoms with Gasteiger partial charge in [-0.15, -0.1) is 15.3 Å². The zero-order chi connectivity index (χ0) is 20.7. The molecule has 5 rings (SSSR count). The molecule has 0 amide bonds. The lowest BCUT2D eigenvalue weighted by Gasteiger charge is -2.04. The van der Waals surface area contributed by atoms with Crippen LogP contribution < -0.4 is 0 Å². The molecule has 9 nitrogen and oxygen atoms in total. The lowest BCUT2D eigenvalue weighted by molar-refractivity contribution is -0.139. The molecule has 0 N–H and O–H groups in total. The van der Waals surface area contributed by atoms with Crippen molar-refractivity contribution in [3.05, 3.63) is 65.9 Å². The molecule has 0 radical (unpaired) electrons. The van der Waals surface area contributed by atoms with Crippen molar-refractivity contribution >= 4 is 22.9 Å². The molecule has 0 fully saturated rings. The number of carbonyl (C=O) groups excluding carboxylic acids is 1. The second kappa shape index (κ2) is 7.03. The molecule has 0 bridgehead atoms. The van der Waals surface area contributed by atoms with Crippen LogP contribution in [0, 0.1) is 6.92 Å². The van der Waals surface area contributed by atoms with Gasteiger partial charge in [0.25, 0.3) is 5.78 Å². The van der Waals surface area contributed by atoms with Gasteiger partial charge in [-0.2, -0.15) is 14.6 Å². The lowest BCUT2D eigenvalue weighted by atomic mass is 10.2. The predicted octanol–water partition coefficient (Wildman–Crippen LogP) is 2.55. The highest BCUT2D eigenvalue weighted by atomic mass is 16.5. The van der Waals surface area contributed by atoms with Gasteiger partial charge in [-0.25, -0.2) is 4.68 Å². The number of carbonyl (C=O) groups is 1. The van der Waals surface area contributed by atoms with Gasteiger partial charge in [-0.3, -0.25) is 4.79 Å². The Kier molecular flexibility index (Phi) is 4.20. The molecule has 0 spiro atoms. The summed E-state index contributed by atoms with van der Waals surface area (Å²) in [6, 6.07) is 17.5. The first-order valence-corrected chi connectivity index (χ1v) is 9.34. The third kappa shape index (κ3) is 2.96. The second-order valence-electron chi connectivity index (χ2n) is 6.83. The zero-order valence-electron chi connectivity index (χ0n) is 16.4. The van der Waals surface area contributed by atoms with Crippen molar-refractivity contribution in [2.45, 2.75) is 13.3 Å². The lowest BCUT2D eigenvalue weighted by Crippen LogP contribution is -2.06. The molecule has 0 atom stereocenters. The Morgan fingerprint density at radius 2 is 1.77 bits per heavy atom. The van der Waals surface area contributed by atoms with Gasteiger partial charge in [0.2, 0.25) is 0 Å². The number of methoxy groups -OCH3 is 1. The van der Waals surface area contributed by atoms with Crippen LogP contribution in [0.1, 0.15) is 11.3 Å². The molecule has 148 valence electrons. The fourth-order valence-corrected chi connectivity index (χ4v) is 3.25. The summed E-state index contributed by atoms with van der Waals surface area (Å²) in [4.78, 5) is 16.4. The second-order valence-corrected chi connectivity index (χ2v) is 6.83. The summed E-state index contributed by atoms with van der Waals surface area (Å²) in [6.45, 7) is 2.01. The third-order valence-electron chi connectivity index (χ3n) is 4.79. The quantitative estimate of drug-likeness (QED) is 0.428. The van der Waals surface area contributed by atoms with Gasteiger partial charge in [0.15, 0.2) is 17.0 Å². The standard InChI is InChI=1S/C21H17N7O2/c1-13-8-10-15(11-9-13)27-20-18(16(25-27)12-17(29)30-2)23-24-21-22-19(26-28(20)21)14-6-4-3-5-7-14/h3-11H,12H2,1-2H3. The van der Waals surface area contributed by atoms with Crippen LogP contribution >= 0.6 is 0 Å². The maximum atomic E-state index is 11.9. The van der Waals surface area contributed by atoms with Crippen LogP contribution in [-0.4, -0.2) is 47.7 Å². The van der Waals surface area contributed by atoms with Crippen molar-refractivity contribution in [1.82, 2.24) is 34.6 Å². The SMILES string of the molecule is COC(=O)Cc1nn(-c2ccc(C)cc2)c2c1nnc1nc(-c3ccccc3)nn12. The Balaban J connectivity index is 1.78. The Morgan fingerprint density at radius 1 is 1.00 bits per heavy atom. The maximum absolute atomic E-state index is 11.9. The number of hydrogen-bond donors (Lipinski definition) is 0. The number of aromatic nitrogens is 7. The highest BCUT2D eigenvalue weighted by Gasteiger charge is 2.22. The first kappa shape index (κ1) is 17.9. The Bertz CT molecular complexity index is 1370. The van der Waals surface area contributed by atoms with E-state index in [9.17, 15) is 4.79 Å².